The molecule has 0 aliphatic heterocycles. The van der Waals surface area contributed by atoms with E-state index in [-0.39, 0.29) is 0 Å². The Morgan fingerprint density at radius 3 is 0.840 bits per heavy atom. The number of nitrogens with zero attached hydrogens (tertiary/aromatic N) is 6. The highest BCUT2D eigenvalue weighted by atomic mass is 15.1. The van der Waals surface area contributed by atoms with Crippen LogP contribution in [0.1, 0.15) is 0 Å². The average molecular weight is 1030 g/mol. The lowest BCUT2D eigenvalue weighted by molar-refractivity contribution is 1.05. The van der Waals surface area contributed by atoms with Crippen molar-refractivity contribution in [1.29, 1.82) is 0 Å². The molecule has 4 aromatic heterocycles. The minimum Gasteiger partial charge on any atom is -0.308 e. The van der Waals surface area contributed by atoms with Gasteiger partial charge < -0.3 is 13.7 Å². The van der Waals surface area contributed by atoms with Crippen molar-refractivity contribution in [1.82, 2.24) is 28.7 Å². The van der Waals surface area contributed by atoms with Gasteiger partial charge in [0.2, 0.25) is 0 Å². The van der Waals surface area contributed by atoms with Crippen LogP contribution in [-0.2, 0) is 0 Å². The zero-order chi connectivity index (χ0) is 53.4. The fourth-order valence-corrected chi connectivity index (χ4v) is 12.7. The van der Waals surface area contributed by atoms with Crippen molar-refractivity contribution in [2.24, 2.45) is 0 Å². The molecule has 0 bridgehead atoms. The molecule has 0 spiro atoms. The summed E-state index contributed by atoms with van der Waals surface area (Å²) in [6.45, 7) is 0. The largest absolute Gasteiger partial charge is 0.308 e. The Labute approximate surface area is 467 Å². The zero-order valence-electron chi connectivity index (χ0n) is 43.9. The molecule has 0 amide bonds. The van der Waals surface area contributed by atoms with Crippen LogP contribution >= 0.6 is 0 Å². The van der Waals surface area contributed by atoms with E-state index >= 15 is 0 Å². The molecule has 0 fully saturated rings. The first-order valence-electron chi connectivity index (χ1n) is 27.5. The van der Waals surface area contributed by atoms with Crippen LogP contribution in [0.25, 0.3) is 150 Å². The Morgan fingerprint density at radius 2 is 0.469 bits per heavy atom. The van der Waals surface area contributed by atoms with Crippen LogP contribution in [-0.4, -0.2) is 28.7 Å². The molecule has 81 heavy (non-hydrogen) atoms. The highest BCUT2D eigenvalue weighted by Crippen LogP contribution is 2.46. The number of para-hydroxylation sites is 7. The summed E-state index contributed by atoms with van der Waals surface area (Å²) in [5, 5.41) is 7.01. The molecule has 0 atom stereocenters. The maximum absolute atomic E-state index is 5.95. The normalized spacial score (nSPS) is 11.7. The molecule has 378 valence electrons. The third kappa shape index (κ3) is 7.38. The Bertz CT molecular complexity index is 4730. The molecular formula is C75H48N6. The second-order valence-electron chi connectivity index (χ2n) is 20.6. The summed E-state index contributed by atoms with van der Waals surface area (Å²) < 4.78 is 7.22. The van der Waals surface area contributed by atoms with E-state index in [4.69, 9.17) is 15.0 Å². The molecule has 16 rings (SSSR count). The van der Waals surface area contributed by atoms with Crippen molar-refractivity contribution in [2.75, 3.05) is 0 Å². The van der Waals surface area contributed by atoms with Crippen LogP contribution in [0.4, 0.5) is 0 Å². The molecule has 0 N–H and O–H groups in total. The van der Waals surface area contributed by atoms with Gasteiger partial charge in [-0.3, -0.25) is 0 Å². The third-order valence-corrected chi connectivity index (χ3v) is 16.1. The Hall–Kier alpha value is -11.0. The van der Waals surface area contributed by atoms with Crippen LogP contribution in [0.2, 0.25) is 0 Å². The van der Waals surface area contributed by atoms with E-state index < -0.39 is 0 Å². The van der Waals surface area contributed by atoms with Gasteiger partial charge in [0.25, 0.3) is 0 Å². The standard InChI is InChI=1S/C75H48N6/c1-4-25-49(26-5-1)52-37-23-47-68(79-62-41-16-10-31-55(62)56-32-11-17-42-63(56)79)70(52)74-76-73(61-40-22-39-54(51-29-8-3-9-30-51)72(61)81-66-45-20-14-35-59(66)60-36-15-21-46-67(60)81)77-75(78-74)71-53(50-27-6-2-7-28-50)38-24-48-69(71)80-64-43-18-12-33-57(64)58-34-13-19-44-65(58)80/h1-48H. The molecule has 0 aliphatic rings. The minimum absolute atomic E-state index is 0.539. The van der Waals surface area contributed by atoms with Crippen LogP contribution in [0, 0.1) is 0 Å². The summed E-state index contributed by atoms with van der Waals surface area (Å²) in [6.07, 6.45) is 0. The van der Waals surface area contributed by atoms with Crippen LogP contribution in [0.3, 0.4) is 0 Å². The van der Waals surface area contributed by atoms with Gasteiger partial charge in [-0.25, -0.2) is 15.0 Å². The number of benzene rings is 12. The summed E-state index contributed by atoms with van der Waals surface area (Å²) >= 11 is 0. The van der Waals surface area contributed by atoms with Gasteiger partial charge in [-0.2, -0.15) is 0 Å². The molecule has 0 radical (unpaired) electrons. The van der Waals surface area contributed by atoms with Gasteiger partial charge in [0.15, 0.2) is 17.5 Å². The molecule has 0 saturated carbocycles. The molecular weight excluding hydrogens is 985 g/mol. The van der Waals surface area contributed by atoms with Crippen molar-refractivity contribution < 1.29 is 0 Å². The molecule has 0 unspecified atom stereocenters. The van der Waals surface area contributed by atoms with Gasteiger partial charge in [0, 0.05) is 43.4 Å². The second kappa shape index (κ2) is 18.9. The van der Waals surface area contributed by atoms with Crippen molar-refractivity contribution >= 4 is 65.4 Å². The van der Waals surface area contributed by atoms with Gasteiger partial charge in [0.05, 0.1) is 61.3 Å². The molecule has 6 nitrogen and oxygen atoms in total. The third-order valence-electron chi connectivity index (χ3n) is 16.1. The number of fused-ring (bicyclic) bond motifs is 9. The molecule has 16 aromatic rings. The van der Waals surface area contributed by atoms with Crippen molar-refractivity contribution in [3.63, 3.8) is 0 Å². The summed E-state index contributed by atoms with van der Waals surface area (Å²) in [5.74, 6) is 1.62. The summed E-state index contributed by atoms with van der Waals surface area (Å²) in [5.41, 5.74) is 18.3. The predicted molar refractivity (Wildman–Crippen MR) is 335 cm³/mol. The number of hydrogen-bond acceptors (Lipinski definition) is 3. The smallest absolute Gasteiger partial charge is 0.166 e. The van der Waals surface area contributed by atoms with E-state index in [1.165, 1.54) is 32.3 Å². The fraction of sp³-hybridized carbons (Fsp3) is 0. The molecule has 4 heterocycles. The first kappa shape index (κ1) is 46.2. The lowest BCUT2D eigenvalue weighted by Crippen LogP contribution is -2.08. The van der Waals surface area contributed by atoms with E-state index in [1.54, 1.807) is 0 Å². The van der Waals surface area contributed by atoms with Gasteiger partial charge in [-0.1, -0.05) is 237 Å². The topological polar surface area (TPSA) is 53.5 Å². The first-order chi connectivity index (χ1) is 40.2. The average Bonchev–Trinajstić information content (AvgIpc) is 4.41. The maximum Gasteiger partial charge on any atom is 0.166 e. The van der Waals surface area contributed by atoms with E-state index in [1.807, 2.05) is 0 Å². The lowest BCUT2D eigenvalue weighted by Gasteiger charge is -2.22. The van der Waals surface area contributed by atoms with Crippen molar-refractivity contribution in [2.45, 2.75) is 0 Å². The van der Waals surface area contributed by atoms with E-state index in [0.717, 1.165) is 100 Å². The van der Waals surface area contributed by atoms with Crippen LogP contribution in [0.15, 0.2) is 291 Å². The molecule has 12 aromatic carbocycles. The zero-order valence-corrected chi connectivity index (χ0v) is 43.9. The lowest BCUT2D eigenvalue weighted by atomic mass is 9.95. The van der Waals surface area contributed by atoms with Gasteiger partial charge in [0.1, 0.15) is 0 Å². The monoisotopic (exact) mass is 1030 g/mol. The summed E-state index contributed by atoms with van der Waals surface area (Å²) in [6, 6.07) is 104. The first-order valence-corrected chi connectivity index (χ1v) is 27.5. The maximum atomic E-state index is 5.95. The number of hydrogen-bond donors (Lipinski definition) is 0. The number of rotatable bonds is 9. The predicted octanol–water partition coefficient (Wildman–Crippen LogP) is 19.2. The highest BCUT2D eigenvalue weighted by Gasteiger charge is 2.28. The minimum atomic E-state index is 0.539. The molecule has 0 aliphatic carbocycles. The fourth-order valence-electron chi connectivity index (χ4n) is 12.7. The van der Waals surface area contributed by atoms with Crippen LogP contribution < -0.4 is 0 Å². The Balaban J connectivity index is 1.09. The van der Waals surface area contributed by atoms with Gasteiger partial charge in [-0.05, 0) is 82.4 Å². The van der Waals surface area contributed by atoms with E-state index in [2.05, 4.69) is 305 Å². The van der Waals surface area contributed by atoms with Gasteiger partial charge in [-0.15, -0.1) is 0 Å². The van der Waals surface area contributed by atoms with E-state index in [0.29, 0.717) is 17.5 Å². The van der Waals surface area contributed by atoms with E-state index in [9.17, 15) is 0 Å². The molecule has 6 heteroatoms. The second-order valence-corrected chi connectivity index (χ2v) is 20.6. The highest BCUT2D eigenvalue weighted by molar-refractivity contribution is 6.13. The molecule has 0 saturated heterocycles. The Kier molecular flexibility index (Phi) is 10.8. The van der Waals surface area contributed by atoms with Crippen LogP contribution in [0.5, 0.6) is 0 Å². The quantitative estimate of drug-likeness (QED) is 0.145. The summed E-state index contributed by atoms with van der Waals surface area (Å²) in [4.78, 5) is 17.8. The summed E-state index contributed by atoms with van der Waals surface area (Å²) in [7, 11) is 0. The van der Waals surface area contributed by atoms with Crippen molar-refractivity contribution in [3.8, 4) is 84.6 Å². The number of aromatic nitrogens is 6. The Morgan fingerprint density at radius 1 is 0.198 bits per heavy atom. The SMILES string of the molecule is c1ccc(-c2cccc(-n3c4ccccc4c4ccccc43)c2-c2nc(-c3cccc(-c4ccccc4)c3-n3c4ccccc4c4ccccc43)nc(-c3c(-c4ccccc4)cccc3-n3c4ccccc4c4ccccc43)n2)cc1. The van der Waals surface area contributed by atoms with Gasteiger partial charge >= 0.3 is 0 Å². The van der Waals surface area contributed by atoms with Crippen molar-refractivity contribution in [3.05, 3.63) is 291 Å².